The highest BCUT2D eigenvalue weighted by Crippen LogP contribution is 2.20. The Bertz CT molecular complexity index is 442. The molecular weight excluding hydrogens is 278 g/mol. The van der Waals surface area contributed by atoms with Crippen molar-refractivity contribution in [1.82, 2.24) is 10.2 Å². The van der Waals surface area contributed by atoms with E-state index < -0.39 is 11.6 Å². The minimum Gasteiger partial charge on any atom is -0.312 e. The van der Waals surface area contributed by atoms with Crippen molar-refractivity contribution in [3.63, 3.8) is 0 Å². The predicted molar refractivity (Wildman–Crippen MR) is 81.3 cm³/mol. The molecule has 112 valence electrons. The van der Waals surface area contributed by atoms with Crippen molar-refractivity contribution in [2.45, 2.75) is 25.4 Å². The second kappa shape index (κ2) is 7.38. The molecular formula is C15H22F2N2S. The lowest BCUT2D eigenvalue weighted by Gasteiger charge is -2.38. The third-order valence-corrected chi connectivity index (χ3v) is 4.86. The van der Waals surface area contributed by atoms with Crippen molar-refractivity contribution in [1.29, 1.82) is 0 Å². The van der Waals surface area contributed by atoms with E-state index in [1.54, 1.807) is 6.07 Å². The summed E-state index contributed by atoms with van der Waals surface area (Å²) in [4.78, 5) is 2.36. The number of thioether (sulfide) groups is 1. The number of hydrogen-bond donors (Lipinski definition) is 1. The topological polar surface area (TPSA) is 15.3 Å². The van der Waals surface area contributed by atoms with Crippen molar-refractivity contribution >= 4 is 11.8 Å². The zero-order chi connectivity index (χ0) is 14.5. The van der Waals surface area contributed by atoms with Crippen LogP contribution in [-0.2, 0) is 6.42 Å². The molecule has 1 aromatic rings. The molecule has 0 spiro atoms. The van der Waals surface area contributed by atoms with Gasteiger partial charge in [-0.05, 0) is 37.7 Å². The Labute approximate surface area is 123 Å². The standard InChI is InChI=1S/C15H22F2N2S/c1-3-18-14(15-10-20-7-6-19(15)2)9-11-4-5-12(16)13(17)8-11/h4-5,8,14-15,18H,3,6-7,9-10H2,1-2H3. The van der Waals surface area contributed by atoms with E-state index in [-0.39, 0.29) is 6.04 Å². The van der Waals surface area contributed by atoms with Crippen LogP contribution in [0.5, 0.6) is 0 Å². The highest BCUT2D eigenvalue weighted by atomic mass is 32.2. The molecule has 2 atom stereocenters. The molecule has 0 aliphatic carbocycles. The molecule has 2 unspecified atom stereocenters. The third-order valence-electron chi connectivity index (χ3n) is 3.81. The Morgan fingerprint density at radius 1 is 1.40 bits per heavy atom. The molecule has 20 heavy (non-hydrogen) atoms. The van der Waals surface area contributed by atoms with Crippen molar-refractivity contribution in [3.05, 3.63) is 35.4 Å². The smallest absolute Gasteiger partial charge is 0.159 e. The van der Waals surface area contributed by atoms with E-state index >= 15 is 0 Å². The average molecular weight is 300 g/mol. The van der Waals surface area contributed by atoms with Gasteiger partial charge in [-0.1, -0.05) is 13.0 Å². The van der Waals surface area contributed by atoms with Gasteiger partial charge in [-0.15, -0.1) is 0 Å². The number of hydrogen-bond acceptors (Lipinski definition) is 3. The van der Waals surface area contributed by atoms with Crippen molar-refractivity contribution in [3.8, 4) is 0 Å². The summed E-state index contributed by atoms with van der Waals surface area (Å²) in [5.41, 5.74) is 0.846. The molecule has 1 heterocycles. The maximum atomic E-state index is 13.3. The maximum absolute atomic E-state index is 13.3. The first-order valence-electron chi connectivity index (χ1n) is 7.07. The molecule has 5 heteroatoms. The molecule has 1 saturated heterocycles. The van der Waals surface area contributed by atoms with Crippen molar-refractivity contribution in [2.24, 2.45) is 0 Å². The van der Waals surface area contributed by atoms with Gasteiger partial charge in [0.15, 0.2) is 11.6 Å². The molecule has 0 aromatic heterocycles. The van der Waals surface area contributed by atoms with E-state index in [4.69, 9.17) is 0 Å². The second-order valence-electron chi connectivity index (χ2n) is 5.24. The Balaban J connectivity index is 2.09. The lowest BCUT2D eigenvalue weighted by atomic mass is 9.99. The summed E-state index contributed by atoms with van der Waals surface area (Å²) in [6.45, 7) is 4.03. The van der Waals surface area contributed by atoms with Gasteiger partial charge in [0.25, 0.3) is 0 Å². The van der Waals surface area contributed by atoms with Crippen molar-refractivity contribution < 1.29 is 8.78 Å². The van der Waals surface area contributed by atoms with Crippen LogP contribution in [-0.4, -0.2) is 48.6 Å². The van der Waals surface area contributed by atoms with E-state index in [0.29, 0.717) is 6.04 Å². The Morgan fingerprint density at radius 3 is 2.85 bits per heavy atom. The molecule has 1 aromatic carbocycles. The number of nitrogens with one attached hydrogen (secondary N) is 1. The summed E-state index contributed by atoms with van der Waals surface area (Å²) < 4.78 is 26.3. The van der Waals surface area contributed by atoms with E-state index in [1.165, 1.54) is 12.1 Å². The molecule has 1 N–H and O–H groups in total. The second-order valence-corrected chi connectivity index (χ2v) is 6.39. The maximum Gasteiger partial charge on any atom is 0.159 e. The lowest BCUT2D eigenvalue weighted by Crippen LogP contribution is -2.53. The van der Waals surface area contributed by atoms with Gasteiger partial charge in [0.05, 0.1) is 0 Å². The highest BCUT2D eigenvalue weighted by molar-refractivity contribution is 7.99. The normalized spacial score (nSPS) is 21.9. The number of rotatable bonds is 5. The Morgan fingerprint density at radius 2 is 2.20 bits per heavy atom. The Hall–Kier alpha value is -0.650. The summed E-state index contributed by atoms with van der Waals surface area (Å²) in [5, 5.41) is 3.49. The molecule has 0 radical (unpaired) electrons. The largest absolute Gasteiger partial charge is 0.312 e. The van der Waals surface area contributed by atoms with Crippen LogP contribution < -0.4 is 5.32 Å². The minimum atomic E-state index is -0.779. The third kappa shape index (κ3) is 3.93. The summed E-state index contributed by atoms with van der Waals surface area (Å²) >= 11 is 1.96. The summed E-state index contributed by atoms with van der Waals surface area (Å²) in [6, 6.07) is 4.91. The highest BCUT2D eigenvalue weighted by Gasteiger charge is 2.27. The summed E-state index contributed by atoms with van der Waals surface area (Å²) in [7, 11) is 2.14. The number of likely N-dealkylation sites (N-methyl/N-ethyl adjacent to an activating group) is 2. The van der Waals surface area contributed by atoms with Gasteiger partial charge in [-0.2, -0.15) is 11.8 Å². The quantitative estimate of drug-likeness (QED) is 0.899. The van der Waals surface area contributed by atoms with Crippen LogP contribution in [0.25, 0.3) is 0 Å². The zero-order valence-electron chi connectivity index (χ0n) is 12.0. The van der Waals surface area contributed by atoms with Gasteiger partial charge in [0.1, 0.15) is 0 Å². The molecule has 1 fully saturated rings. The molecule has 2 rings (SSSR count). The first-order valence-corrected chi connectivity index (χ1v) is 8.22. The first kappa shape index (κ1) is 15.7. The van der Waals surface area contributed by atoms with Crippen molar-refractivity contribution in [2.75, 3.05) is 31.6 Å². The van der Waals surface area contributed by atoms with E-state index in [9.17, 15) is 8.78 Å². The van der Waals surface area contributed by atoms with Gasteiger partial charge >= 0.3 is 0 Å². The number of nitrogens with zero attached hydrogens (tertiary/aromatic N) is 1. The SMILES string of the molecule is CCNC(Cc1ccc(F)c(F)c1)C1CSCCN1C. The number of halogens is 2. The fourth-order valence-electron chi connectivity index (χ4n) is 2.66. The average Bonchev–Trinajstić information content (AvgIpc) is 2.43. The van der Waals surface area contributed by atoms with Gasteiger partial charge in [0.2, 0.25) is 0 Å². The first-order chi connectivity index (χ1) is 9.61. The van der Waals surface area contributed by atoms with E-state index in [0.717, 1.165) is 36.6 Å². The Kier molecular flexibility index (Phi) is 5.81. The van der Waals surface area contributed by atoms with Crippen LogP contribution in [0.2, 0.25) is 0 Å². The van der Waals surface area contributed by atoms with E-state index in [1.807, 2.05) is 11.8 Å². The molecule has 0 amide bonds. The minimum absolute atomic E-state index is 0.266. The van der Waals surface area contributed by atoms with Crippen LogP contribution in [0.15, 0.2) is 18.2 Å². The van der Waals surface area contributed by atoms with Gasteiger partial charge in [-0.25, -0.2) is 8.78 Å². The molecule has 0 bridgehead atoms. The molecule has 1 aliphatic heterocycles. The monoisotopic (exact) mass is 300 g/mol. The van der Waals surface area contributed by atoms with Gasteiger partial charge < -0.3 is 10.2 Å². The predicted octanol–water partition coefficient (Wildman–Crippen LogP) is 2.53. The van der Waals surface area contributed by atoms with Crippen LogP contribution in [0.4, 0.5) is 8.78 Å². The molecule has 0 saturated carbocycles. The lowest BCUT2D eigenvalue weighted by molar-refractivity contribution is 0.215. The molecule has 2 nitrogen and oxygen atoms in total. The number of benzene rings is 1. The van der Waals surface area contributed by atoms with Crippen LogP contribution in [0.1, 0.15) is 12.5 Å². The fourth-order valence-corrected chi connectivity index (χ4v) is 3.97. The zero-order valence-corrected chi connectivity index (χ0v) is 12.9. The van der Waals surface area contributed by atoms with Crippen LogP contribution in [0.3, 0.4) is 0 Å². The van der Waals surface area contributed by atoms with Gasteiger partial charge in [-0.3, -0.25) is 0 Å². The summed E-state index contributed by atoms with van der Waals surface area (Å²) in [5.74, 6) is 0.706. The molecule has 1 aliphatic rings. The van der Waals surface area contributed by atoms with Crippen LogP contribution in [0, 0.1) is 11.6 Å². The van der Waals surface area contributed by atoms with Crippen LogP contribution >= 0.6 is 11.8 Å². The fraction of sp³-hybridized carbons (Fsp3) is 0.600. The summed E-state index contributed by atoms with van der Waals surface area (Å²) in [6.07, 6.45) is 0.723. The van der Waals surface area contributed by atoms with Gasteiger partial charge in [0, 0.05) is 30.1 Å². The van der Waals surface area contributed by atoms with E-state index in [2.05, 4.69) is 24.2 Å².